The summed E-state index contributed by atoms with van der Waals surface area (Å²) in [6.45, 7) is 4.90. The third kappa shape index (κ3) is 3.76. The molecular formula is C16H20N4O3S. The zero-order chi connectivity index (χ0) is 17.1. The van der Waals surface area contributed by atoms with Gasteiger partial charge in [0.1, 0.15) is 11.6 Å². The van der Waals surface area contributed by atoms with Crippen LogP contribution < -0.4 is 14.8 Å². The van der Waals surface area contributed by atoms with Gasteiger partial charge in [-0.1, -0.05) is 37.3 Å². The topological polar surface area (TPSA) is 76.6 Å². The molecule has 1 aliphatic heterocycles. The Morgan fingerprint density at radius 1 is 1.38 bits per heavy atom. The molecule has 0 bridgehead atoms. The van der Waals surface area contributed by atoms with Crippen LogP contribution in [0.1, 0.15) is 24.8 Å². The highest BCUT2D eigenvalue weighted by Crippen LogP contribution is 2.31. The molecule has 2 amide bonds. The zero-order valence-electron chi connectivity index (χ0n) is 13.9. The minimum atomic E-state index is -0.246. The standard InChI is InChI=1S/C16H20N4O3S/c1-10(2)14-18-19-15(24-14)17-16(21)20(3)8-11-9-22-12-6-4-5-7-13(12)23-11/h4-7,10-11H,8-9H2,1-3H3,(H,17,19,21)/t11-/m1/s1. The van der Waals surface area contributed by atoms with Gasteiger partial charge in [-0.05, 0) is 12.1 Å². The lowest BCUT2D eigenvalue weighted by atomic mass is 10.2. The number of hydrogen-bond donors (Lipinski definition) is 1. The fourth-order valence-corrected chi connectivity index (χ4v) is 2.98. The third-order valence-corrected chi connectivity index (χ3v) is 4.68. The van der Waals surface area contributed by atoms with E-state index in [9.17, 15) is 4.79 Å². The van der Waals surface area contributed by atoms with E-state index in [0.29, 0.717) is 30.0 Å². The highest BCUT2D eigenvalue weighted by atomic mass is 32.1. The number of benzene rings is 1. The van der Waals surface area contributed by atoms with Crippen LogP contribution >= 0.6 is 11.3 Å². The van der Waals surface area contributed by atoms with Crippen molar-refractivity contribution >= 4 is 22.5 Å². The molecule has 1 aromatic carbocycles. The van der Waals surface area contributed by atoms with Crippen LogP contribution in [-0.4, -0.2) is 47.4 Å². The minimum absolute atomic E-state index is 0.212. The highest BCUT2D eigenvalue weighted by molar-refractivity contribution is 7.15. The maximum absolute atomic E-state index is 12.3. The SMILES string of the molecule is CC(C)c1nnc(NC(=O)N(C)C[C@@H]2COc3ccccc3O2)s1. The van der Waals surface area contributed by atoms with Crippen molar-refractivity contribution in [3.63, 3.8) is 0 Å². The number of hydrogen-bond acceptors (Lipinski definition) is 6. The molecule has 128 valence electrons. The van der Waals surface area contributed by atoms with Gasteiger partial charge in [-0.3, -0.25) is 5.32 Å². The van der Waals surface area contributed by atoms with E-state index in [1.165, 1.54) is 11.3 Å². The van der Waals surface area contributed by atoms with Gasteiger partial charge in [0.25, 0.3) is 0 Å². The molecule has 24 heavy (non-hydrogen) atoms. The summed E-state index contributed by atoms with van der Waals surface area (Å²) in [6, 6.07) is 7.27. The van der Waals surface area contributed by atoms with Crippen molar-refractivity contribution < 1.29 is 14.3 Å². The average molecular weight is 348 g/mol. The molecule has 0 fully saturated rings. The molecule has 0 saturated heterocycles. The quantitative estimate of drug-likeness (QED) is 0.919. The Labute approximate surface area is 144 Å². The van der Waals surface area contributed by atoms with E-state index in [1.807, 2.05) is 38.1 Å². The average Bonchev–Trinajstić information content (AvgIpc) is 3.03. The Morgan fingerprint density at radius 2 is 2.12 bits per heavy atom. The van der Waals surface area contributed by atoms with E-state index in [4.69, 9.17) is 9.47 Å². The Balaban J connectivity index is 1.54. The van der Waals surface area contributed by atoms with Gasteiger partial charge in [-0.25, -0.2) is 4.79 Å². The van der Waals surface area contributed by atoms with Gasteiger partial charge < -0.3 is 14.4 Å². The molecule has 2 aromatic rings. The molecule has 0 aliphatic carbocycles. The number of carbonyl (C=O) groups excluding carboxylic acids is 1. The number of amides is 2. The predicted molar refractivity (Wildman–Crippen MR) is 92.0 cm³/mol. The molecule has 1 N–H and O–H groups in total. The molecule has 1 aliphatic rings. The molecule has 0 spiro atoms. The molecule has 0 radical (unpaired) electrons. The van der Waals surface area contributed by atoms with E-state index in [0.717, 1.165) is 10.8 Å². The summed E-state index contributed by atoms with van der Waals surface area (Å²) in [5.41, 5.74) is 0. The molecule has 3 rings (SSSR count). The number of urea groups is 1. The number of fused-ring (bicyclic) bond motifs is 1. The van der Waals surface area contributed by atoms with E-state index in [2.05, 4.69) is 15.5 Å². The fraction of sp³-hybridized carbons (Fsp3) is 0.438. The number of anilines is 1. The Bertz CT molecular complexity index is 719. The smallest absolute Gasteiger partial charge is 0.323 e. The normalized spacial score (nSPS) is 16.1. The van der Waals surface area contributed by atoms with Crippen molar-refractivity contribution in [1.82, 2.24) is 15.1 Å². The summed E-state index contributed by atoms with van der Waals surface area (Å²) < 4.78 is 11.5. The maximum Gasteiger partial charge on any atom is 0.323 e. The molecule has 8 heteroatoms. The summed E-state index contributed by atoms with van der Waals surface area (Å²) in [5, 5.41) is 12.2. The van der Waals surface area contributed by atoms with Gasteiger partial charge >= 0.3 is 6.03 Å². The first kappa shape index (κ1) is 16.5. The predicted octanol–water partition coefficient (Wildman–Crippen LogP) is 2.97. The van der Waals surface area contributed by atoms with Crippen molar-refractivity contribution in [1.29, 1.82) is 0 Å². The van der Waals surface area contributed by atoms with Crippen LogP contribution in [0.15, 0.2) is 24.3 Å². The van der Waals surface area contributed by atoms with Crippen LogP contribution in [0.5, 0.6) is 11.5 Å². The van der Waals surface area contributed by atoms with Crippen LogP contribution in [0.2, 0.25) is 0 Å². The molecule has 0 unspecified atom stereocenters. The summed E-state index contributed by atoms with van der Waals surface area (Å²) >= 11 is 1.39. The second kappa shape index (κ2) is 7.04. The van der Waals surface area contributed by atoms with Crippen LogP contribution in [0.25, 0.3) is 0 Å². The second-order valence-corrected chi connectivity index (χ2v) is 6.92. The molecule has 2 heterocycles. The first-order valence-corrected chi connectivity index (χ1v) is 8.58. The number of likely N-dealkylation sites (N-methyl/N-ethyl adjacent to an activating group) is 1. The van der Waals surface area contributed by atoms with Gasteiger partial charge in [0.05, 0.1) is 6.54 Å². The number of nitrogens with one attached hydrogen (secondary N) is 1. The van der Waals surface area contributed by atoms with Crippen LogP contribution in [-0.2, 0) is 0 Å². The monoisotopic (exact) mass is 348 g/mol. The molecule has 1 atom stereocenters. The van der Waals surface area contributed by atoms with E-state index >= 15 is 0 Å². The number of ether oxygens (including phenoxy) is 2. The number of rotatable bonds is 4. The lowest BCUT2D eigenvalue weighted by molar-refractivity contribution is 0.0731. The molecule has 0 saturated carbocycles. The van der Waals surface area contributed by atoms with Crippen molar-refractivity contribution in [2.45, 2.75) is 25.9 Å². The van der Waals surface area contributed by atoms with Crippen LogP contribution in [0.3, 0.4) is 0 Å². The van der Waals surface area contributed by atoms with E-state index in [-0.39, 0.29) is 12.1 Å². The van der Waals surface area contributed by atoms with Gasteiger partial charge in [0, 0.05) is 13.0 Å². The lowest BCUT2D eigenvalue weighted by Gasteiger charge is -2.29. The third-order valence-electron chi connectivity index (χ3n) is 3.54. The molecule has 1 aromatic heterocycles. The van der Waals surface area contributed by atoms with Gasteiger partial charge in [0.15, 0.2) is 17.6 Å². The highest BCUT2D eigenvalue weighted by Gasteiger charge is 2.24. The lowest BCUT2D eigenvalue weighted by Crippen LogP contribution is -2.43. The second-order valence-electron chi connectivity index (χ2n) is 5.91. The number of nitrogens with zero attached hydrogens (tertiary/aromatic N) is 3. The van der Waals surface area contributed by atoms with E-state index < -0.39 is 0 Å². The Morgan fingerprint density at radius 3 is 2.83 bits per heavy atom. The number of para-hydroxylation sites is 2. The maximum atomic E-state index is 12.3. The minimum Gasteiger partial charge on any atom is -0.486 e. The van der Waals surface area contributed by atoms with Gasteiger partial charge in [0.2, 0.25) is 5.13 Å². The Kier molecular flexibility index (Phi) is 4.84. The van der Waals surface area contributed by atoms with Crippen molar-refractivity contribution in [2.24, 2.45) is 0 Å². The zero-order valence-corrected chi connectivity index (χ0v) is 14.7. The van der Waals surface area contributed by atoms with Crippen LogP contribution in [0.4, 0.5) is 9.93 Å². The summed E-state index contributed by atoms with van der Waals surface area (Å²) in [6.07, 6.45) is -0.212. The van der Waals surface area contributed by atoms with E-state index in [1.54, 1.807) is 11.9 Å². The van der Waals surface area contributed by atoms with Crippen LogP contribution in [0, 0.1) is 0 Å². The van der Waals surface area contributed by atoms with Crippen molar-refractivity contribution in [2.75, 3.05) is 25.5 Å². The van der Waals surface area contributed by atoms with Crippen molar-refractivity contribution in [3.8, 4) is 11.5 Å². The molecule has 7 nitrogen and oxygen atoms in total. The molecular weight excluding hydrogens is 328 g/mol. The number of carbonyl (C=O) groups is 1. The largest absolute Gasteiger partial charge is 0.486 e. The Hall–Kier alpha value is -2.35. The van der Waals surface area contributed by atoms with Gasteiger partial charge in [-0.2, -0.15) is 0 Å². The van der Waals surface area contributed by atoms with Gasteiger partial charge in [-0.15, -0.1) is 10.2 Å². The summed E-state index contributed by atoms with van der Waals surface area (Å²) in [4.78, 5) is 13.8. The first-order valence-electron chi connectivity index (χ1n) is 7.77. The number of aromatic nitrogens is 2. The summed E-state index contributed by atoms with van der Waals surface area (Å²) in [7, 11) is 1.71. The summed E-state index contributed by atoms with van der Waals surface area (Å²) in [5.74, 6) is 1.72. The fourth-order valence-electron chi connectivity index (χ4n) is 2.25. The van der Waals surface area contributed by atoms with Crippen molar-refractivity contribution in [3.05, 3.63) is 29.3 Å². The first-order chi connectivity index (χ1) is 11.5.